The summed E-state index contributed by atoms with van der Waals surface area (Å²) >= 11 is 0. The first-order chi connectivity index (χ1) is 18.3. The molecule has 1 unspecified atom stereocenters. The summed E-state index contributed by atoms with van der Waals surface area (Å²) < 4.78 is 21.6. The number of anilines is 1. The van der Waals surface area contributed by atoms with Crippen molar-refractivity contribution in [1.29, 1.82) is 0 Å². The van der Waals surface area contributed by atoms with Crippen LogP contribution >= 0.6 is 8.53 Å². The molecule has 0 saturated carbocycles. The number of rotatable bonds is 9. The summed E-state index contributed by atoms with van der Waals surface area (Å²) in [6, 6.07) is 18.7. The summed E-state index contributed by atoms with van der Waals surface area (Å²) in [7, 11) is -2.23. The molecule has 0 bridgehead atoms. The van der Waals surface area contributed by atoms with Crippen LogP contribution < -0.4 is 16.5 Å². The summed E-state index contributed by atoms with van der Waals surface area (Å²) in [5.41, 5.74) is 5.99. The van der Waals surface area contributed by atoms with E-state index >= 15 is 0 Å². The number of aliphatic hydroxyl groups is 2. The lowest BCUT2D eigenvalue weighted by molar-refractivity contribution is -0.0516. The molecule has 1 aliphatic heterocycles. The predicted molar refractivity (Wildman–Crippen MR) is 134 cm³/mol. The highest BCUT2D eigenvalue weighted by Gasteiger charge is 2.44. The Kier molecular flexibility index (Phi) is 9.13. The SMILES string of the molecule is NP(OC[C@H]1O[C@@H](n2ccc(NC(=O)c3ccccc3)nc2=O)[C@H](O)[C@@H]1O)OC(=O)OCc1ccccc1. The molecule has 200 valence electrons. The minimum absolute atomic E-state index is 0.00176. The average Bonchev–Trinajstić information content (AvgIpc) is 3.20. The van der Waals surface area contributed by atoms with Crippen LogP contribution in [0.15, 0.2) is 77.7 Å². The van der Waals surface area contributed by atoms with Crippen LogP contribution in [0.1, 0.15) is 22.1 Å². The smallest absolute Gasteiger partial charge is 0.429 e. The molecule has 1 saturated heterocycles. The van der Waals surface area contributed by atoms with Crippen LogP contribution in [0.2, 0.25) is 0 Å². The Balaban J connectivity index is 1.28. The van der Waals surface area contributed by atoms with Gasteiger partial charge in [0.15, 0.2) is 6.23 Å². The number of ether oxygens (including phenoxy) is 2. The van der Waals surface area contributed by atoms with Crippen LogP contribution in [0.3, 0.4) is 0 Å². The monoisotopic (exact) mass is 544 g/mol. The number of nitrogens with one attached hydrogen (secondary N) is 1. The van der Waals surface area contributed by atoms with Crippen molar-refractivity contribution in [1.82, 2.24) is 9.55 Å². The highest BCUT2D eigenvalue weighted by molar-refractivity contribution is 7.45. The van der Waals surface area contributed by atoms with Gasteiger partial charge in [0.25, 0.3) is 5.91 Å². The third-order valence-electron chi connectivity index (χ3n) is 5.45. The van der Waals surface area contributed by atoms with Crippen LogP contribution in [0.4, 0.5) is 10.6 Å². The summed E-state index contributed by atoms with van der Waals surface area (Å²) in [6.07, 6.45) is -5.12. The number of carbonyl (C=O) groups excluding carboxylic acids is 2. The van der Waals surface area contributed by atoms with E-state index in [0.29, 0.717) is 5.56 Å². The summed E-state index contributed by atoms with van der Waals surface area (Å²) in [6.45, 7) is -0.366. The number of hydrogen-bond acceptors (Lipinski definition) is 11. The van der Waals surface area contributed by atoms with Crippen LogP contribution in [0.5, 0.6) is 0 Å². The molecule has 1 aromatic heterocycles. The zero-order valence-corrected chi connectivity index (χ0v) is 20.7. The van der Waals surface area contributed by atoms with Gasteiger partial charge < -0.3 is 34.1 Å². The van der Waals surface area contributed by atoms with E-state index < -0.39 is 50.8 Å². The first-order valence-corrected chi connectivity index (χ1v) is 12.6. The van der Waals surface area contributed by atoms with Gasteiger partial charge in [0.2, 0.25) is 0 Å². The summed E-state index contributed by atoms with van der Waals surface area (Å²) in [4.78, 5) is 40.5. The van der Waals surface area contributed by atoms with Gasteiger partial charge in [-0.2, -0.15) is 4.98 Å². The largest absolute Gasteiger partial charge is 0.514 e. The lowest BCUT2D eigenvalue weighted by Crippen LogP contribution is -2.36. The fourth-order valence-corrected chi connectivity index (χ4v) is 4.09. The molecule has 13 nitrogen and oxygen atoms in total. The first kappa shape index (κ1) is 27.3. The topological polar surface area (TPSA) is 184 Å². The van der Waals surface area contributed by atoms with Crippen molar-refractivity contribution in [2.24, 2.45) is 5.50 Å². The van der Waals surface area contributed by atoms with E-state index in [2.05, 4.69) is 10.3 Å². The molecule has 1 aliphatic rings. The Labute approximate surface area is 217 Å². The van der Waals surface area contributed by atoms with Gasteiger partial charge >= 0.3 is 20.4 Å². The van der Waals surface area contributed by atoms with Gasteiger partial charge in [0.05, 0.1) is 6.61 Å². The van der Waals surface area contributed by atoms with Crippen molar-refractivity contribution < 1.29 is 38.3 Å². The van der Waals surface area contributed by atoms with Crippen LogP contribution in [-0.4, -0.2) is 56.7 Å². The maximum Gasteiger partial charge on any atom is 0.514 e. The Bertz CT molecular complexity index is 1290. The second-order valence-corrected chi connectivity index (χ2v) is 9.08. The van der Waals surface area contributed by atoms with Gasteiger partial charge in [0, 0.05) is 11.8 Å². The number of aromatic nitrogens is 2. The van der Waals surface area contributed by atoms with Crippen molar-refractivity contribution in [3.05, 3.63) is 94.5 Å². The van der Waals surface area contributed by atoms with Crippen LogP contribution in [0.25, 0.3) is 0 Å². The molecule has 0 spiro atoms. The third kappa shape index (κ3) is 6.98. The van der Waals surface area contributed by atoms with Gasteiger partial charge in [-0.1, -0.05) is 48.5 Å². The van der Waals surface area contributed by atoms with E-state index in [9.17, 15) is 24.6 Å². The molecular formula is C24H25N4O9P. The Hall–Kier alpha value is -3.71. The van der Waals surface area contributed by atoms with E-state index in [-0.39, 0.29) is 19.0 Å². The highest BCUT2D eigenvalue weighted by atomic mass is 31.2. The molecule has 2 aromatic carbocycles. The molecule has 1 amide bonds. The van der Waals surface area contributed by atoms with Crippen LogP contribution in [0, 0.1) is 0 Å². The normalized spacial score (nSPS) is 21.4. The van der Waals surface area contributed by atoms with Crippen molar-refractivity contribution in [3.63, 3.8) is 0 Å². The minimum atomic E-state index is -2.23. The maximum atomic E-state index is 12.6. The zero-order valence-electron chi connectivity index (χ0n) is 19.8. The van der Waals surface area contributed by atoms with Gasteiger partial charge in [-0.25, -0.2) is 9.59 Å². The molecular weight excluding hydrogens is 519 g/mol. The number of benzene rings is 2. The number of aliphatic hydroxyl groups excluding tert-OH is 2. The van der Waals surface area contributed by atoms with E-state index in [1.54, 1.807) is 54.6 Å². The van der Waals surface area contributed by atoms with Gasteiger partial charge in [-0.3, -0.25) is 14.9 Å². The number of nitrogens with two attached hydrogens (primary N) is 1. The number of amides is 1. The quantitative estimate of drug-likeness (QED) is 0.227. The highest BCUT2D eigenvalue weighted by Crippen LogP contribution is 2.34. The Morgan fingerprint density at radius 2 is 1.74 bits per heavy atom. The molecule has 3 aromatic rings. The molecule has 0 aliphatic carbocycles. The van der Waals surface area contributed by atoms with Crippen LogP contribution in [-0.2, 0) is 25.1 Å². The third-order valence-corrected chi connectivity index (χ3v) is 6.18. The summed E-state index contributed by atoms with van der Waals surface area (Å²) in [5.74, 6) is -0.456. The Morgan fingerprint density at radius 1 is 1.05 bits per heavy atom. The number of carbonyl (C=O) groups is 2. The van der Waals surface area contributed by atoms with Gasteiger partial charge in [0.1, 0.15) is 30.7 Å². The second-order valence-electron chi connectivity index (χ2n) is 8.07. The van der Waals surface area contributed by atoms with E-state index in [1.165, 1.54) is 12.3 Å². The predicted octanol–water partition coefficient (Wildman–Crippen LogP) is 1.67. The molecule has 0 radical (unpaired) electrons. The van der Waals surface area contributed by atoms with Crippen molar-refractivity contribution >= 4 is 26.4 Å². The van der Waals surface area contributed by atoms with E-state index in [1.807, 2.05) is 6.07 Å². The standard InChI is InChI=1S/C24H25N4O9P/c25-38(37-24(33)34-13-15-7-3-1-4-8-15)35-14-17-19(29)20(30)22(36-17)28-12-11-18(27-23(28)32)26-21(31)16-9-5-2-6-10-16/h1-12,17,19-20,22,29-30H,13-14,25H2,(H,26,27,31,32)/t17-,19-,20-,22-,38?/m1/s1. The van der Waals surface area contributed by atoms with Crippen molar-refractivity contribution in [3.8, 4) is 0 Å². The molecule has 1 fully saturated rings. The minimum Gasteiger partial charge on any atom is -0.429 e. The number of nitrogens with zero attached hydrogens (tertiary/aromatic N) is 2. The molecule has 4 rings (SSSR count). The van der Waals surface area contributed by atoms with E-state index in [4.69, 9.17) is 24.0 Å². The fourth-order valence-electron chi connectivity index (χ4n) is 3.54. The lowest BCUT2D eigenvalue weighted by Gasteiger charge is -2.18. The van der Waals surface area contributed by atoms with E-state index in [0.717, 1.165) is 10.1 Å². The lowest BCUT2D eigenvalue weighted by atomic mass is 10.1. The molecule has 14 heteroatoms. The average molecular weight is 544 g/mol. The second kappa shape index (κ2) is 12.7. The van der Waals surface area contributed by atoms with Gasteiger partial charge in [-0.15, -0.1) is 0 Å². The maximum absolute atomic E-state index is 12.6. The van der Waals surface area contributed by atoms with Gasteiger partial charge in [-0.05, 0) is 23.8 Å². The first-order valence-electron chi connectivity index (χ1n) is 11.4. The summed E-state index contributed by atoms with van der Waals surface area (Å²) in [5, 5.41) is 23.3. The molecule has 5 atom stereocenters. The molecule has 5 N–H and O–H groups in total. The van der Waals surface area contributed by atoms with Crippen molar-refractivity contribution in [2.75, 3.05) is 11.9 Å². The molecule has 2 heterocycles. The fraction of sp³-hybridized carbons (Fsp3) is 0.250. The zero-order chi connectivity index (χ0) is 27.1. The Morgan fingerprint density at radius 3 is 2.42 bits per heavy atom. The number of hydrogen-bond donors (Lipinski definition) is 4. The van der Waals surface area contributed by atoms with Crippen molar-refractivity contribution in [2.45, 2.75) is 31.1 Å². The molecule has 38 heavy (non-hydrogen) atoms.